The van der Waals surface area contributed by atoms with Crippen LogP contribution < -0.4 is 5.73 Å². The summed E-state index contributed by atoms with van der Waals surface area (Å²) < 4.78 is 0. The minimum atomic E-state index is -0.00302. The molecule has 1 saturated heterocycles. The summed E-state index contributed by atoms with van der Waals surface area (Å²) in [6.45, 7) is 8.04. The Balaban J connectivity index is 1.97. The van der Waals surface area contributed by atoms with Gasteiger partial charge in [-0.05, 0) is 26.0 Å². The van der Waals surface area contributed by atoms with Gasteiger partial charge in [-0.2, -0.15) is 0 Å². The zero-order chi connectivity index (χ0) is 15.2. The molecular formula is C16H22N4O. The van der Waals surface area contributed by atoms with Crippen LogP contribution >= 0.6 is 0 Å². The molecule has 0 saturated carbocycles. The Morgan fingerprint density at radius 2 is 2.05 bits per heavy atom. The van der Waals surface area contributed by atoms with E-state index in [9.17, 15) is 4.79 Å². The lowest BCUT2D eigenvalue weighted by molar-refractivity contribution is 0.0590. The van der Waals surface area contributed by atoms with Crippen LogP contribution in [0.2, 0.25) is 0 Å². The zero-order valence-electron chi connectivity index (χ0n) is 12.7. The number of amides is 1. The lowest BCUT2D eigenvalue weighted by atomic mass is 10.2. The van der Waals surface area contributed by atoms with Crippen LogP contribution in [0.1, 0.15) is 29.9 Å². The van der Waals surface area contributed by atoms with Crippen LogP contribution in [0.15, 0.2) is 18.3 Å². The highest BCUT2D eigenvalue weighted by Crippen LogP contribution is 2.09. The van der Waals surface area contributed by atoms with Crippen molar-refractivity contribution in [3.8, 4) is 11.8 Å². The van der Waals surface area contributed by atoms with E-state index in [4.69, 9.17) is 5.73 Å². The fraction of sp³-hybridized carbons (Fsp3) is 0.500. The summed E-state index contributed by atoms with van der Waals surface area (Å²) in [7, 11) is 0. The third-order valence-electron chi connectivity index (χ3n) is 3.65. The number of aromatic nitrogens is 1. The van der Waals surface area contributed by atoms with Gasteiger partial charge >= 0.3 is 0 Å². The number of nitrogens with two attached hydrogens (primary N) is 1. The van der Waals surface area contributed by atoms with Crippen molar-refractivity contribution >= 4 is 5.91 Å². The maximum absolute atomic E-state index is 12.4. The van der Waals surface area contributed by atoms with Crippen molar-refractivity contribution < 1.29 is 4.79 Å². The second-order valence-electron chi connectivity index (χ2n) is 5.36. The first kappa shape index (κ1) is 15.5. The number of pyridine rings is 1. The quantitative estimate of drug-likeness (QED) is 0.807. The average Bonchev–Trinajstić information content (AvgIpc) is 2.53. The van der Waals surface area contributed by atoms with Crippen LogP contribution in [0.3, 0.4) is 0 Å². The van der Waals surface area contributed by atoms with Gasteiger partial charge in [0.25, 0.3) is 5.91 Å². The lowest BCUT2D eigenvalue weighted by Gasteiger charge is -2.36. The Labute approximate surface area is 126 Å². The molecule has 2 heterocycles. The molecule has 0 radical (unpaired) electrons. The van der Waals surface area contributed by atoms with Gasteiger partial charge in [0.2, 0.25) is 0 Å². The molecule has 0 unspecified atom stereocenters. The van der Waals surface area contributed by atoms with Gasteiger partial charge < -0.3 is 10.6 Å². The number of hydrogen-bond acceptors (Lipinski definition) is 4. The highest BCUT2D eigenvalue weighted by molar-refractivity contribution is 5.92. The van der Waals surface area contributed by atoms with Gasteiger partial charge in [-0.25, -0.2) is 4.98 Å². The highest BCUT2D eigenvalue weighted by Gasteiger charge is 2.23. The molecule has 1 amide bonds. The largest absolute Gasteiger partial charge is 0.335 e. The summed E-state index contributed by atoms with van der Waals surface area (Å²) in [5.74, 6) is 5.67. The van der Waals surface area contributed by atoms with Gasteiger partial charge in [-0.15, -0.1) is 0 Å². The topological polar surface area (TPSA) is 62.5 Å². The Morgan fingerprint density at radius 1 is 1.33 bits per heavy atom. The molecule has 0 aromatic carbocycles. The summed E-state index contributed by atoms with van der Waals surface area (Å²) in [4.78, 5) is 20.8. The molecule has 112 valence electrons. The van der Waals surface area contributed by atoms with Crippen molar-refractivity contribution in [2.45, 2.75) is 19.9 Å². The minimum absolute atomic E-state index is 0.00302. The summed E-state index contributed by atoms with van der Waals surface area (Å²) >= 11 is 0. The molecule has 0 bridgehead atoms. The van der Waals surface area contributed by atoms with E-state index in [0.717, 1.165) is 31.7 Å². The van der Waals surface area contributed by atoms with Crippen LogP contribution in [0, 0.1) is 11.8 Å². The summed E-state index contributed by atoms with van der Waals surface area (Å²) in [5.41, 5.74) is 6.58. The molecule has 0 atom stereocenters. The fourth-order valence-electron chi connectivity index (χ4n) is 2.35. The van der Waals surface area contributed by atoms with Gasteiger partial charge in [0.1, 0.15) is 5.69 Å². The summed E-state index contributed by atoms with van der Waals surface area (Å²) in [6.07, 6.45) is 1.63. The predicted octanol–water partition coefficient (Wildman–Crippen LogP) is 0.558. The van der Waals surface area contributed by atoms with Gasteiger partial charge in [-0.1, -0.05) is 11.8 Å². The maximum Gasteiger partial charge on any atom is 0.272 e. The van der Waals surface area contributed by atoms with E-state index >= 15 is 0 Å². The predicted molar refractivity (Wildman–Crippen MR) is 82.8 cm³/mol. The number of carbonyl (C=O) groups is 1. The van der Waals surface area contributed by atoms with E-state index in [0.29, 0.717) is 18.3 Å². The van der Waals surface area contributed by atoms with E-state index in [-0.39, 0.29) is 5.91 Å². The molecule has 21 heavy (non-hydrogen) atoms. The average molecular weight is 286 g/mol. The molecule has 5 nitrogen and oxygen atoms in total. The number of piperazine rings is 1. The van der Waals surface area contributed by atoms with E-state index in [1.165, 1.54) is 0 Å². The van der Waals surface area contributed by atoms with Crippen LogP contribution in [0.5, 0.6) is 0 Å². The molecule has 0 aliphatic carbocycles. The molecule has 2 rings (SSSR count). The minimum Gasteiger partial charge on any atom is -0.335 e. The van der Waals surface area contributed by atoms with Crippen molar-refractivity contribution in [3.63, 3.8) is 0 Å². The van der Waals surface area contributed by atoms with Crippen molar-refractivity contribution in [2.75, 3.05) is 32.7 Å². The number of nitrogens with zero attached hydrogens (tertiary/aromatic N) is 3. The smallest absolute Gasteiger partial charge is 0.272 e. The molecule has 1 aromatic rings. The first-order valence-electron chi connectivity index (χ1n) is 7.30. The molecule has 1 fully saturated rings. The molecule has 2 N–H and O–H groups in total. The number of rotatable bonds is 2. The third-order valence-corrected chi connectivity index (χ3v) is 3.65. The van der Waals surface area contributed by atoms with E-state index < -0.39 is 0 Å². The fourth-order valence-corrected chi connectivity index (χ4v) is 2.35. The van der Waals surface area contributed by atoms with Crippen LogP contribution in [0.4, 0.5) is 0 Å². The summed E-state index contributed by atoms with van der Waals surface area (Å²) in [6, 6.07) is 4.08. The monoisotopic (exact) mass is 286 g/mol. The third kappa shape index (κ3) is 4.03. The first-order chi connectivity index (χ1) is 10.1. The Hall–Kier alpha value is -1.90. The van der Waals surface area contributed by atoms with Crippen LogP contribution in [0.25, 0.3) is 0 Å². The molecular weight excluding hydrogens is 264 g/mol. The van der Waals surface area contributed by atoms with Crippen molar-refractivity contribution in [1.29, 1.82) is 0 Å². The number of hydrogen-bond donors (Lipinski definition) is 1. The molecule has 5 heteroatoms. The van der Waals surface area contributed by atoms with Gasteiger partial charge in [0.05, 0.1) is 6.54 Å². The van der Waals surface area contributed by atoms with Crippen LogP contribution in [-0.4, -0.2) is 59.5 Å². The highest BCUT2D eigenvalue weighted by atomic mass is 16.2. The first-order valence-corrected chi connectivity index (χ1v) is 7.30. The van der Waals surface area contributed by atoms with Crippen LogP contribution in [-0.2, 0) is 0 Å². The van der Waals surface area contributed by atoms with Crippen molar-refractivity contribution in [1.82, 2.24) is 14.8 Å². The molecule has 0 spiro atoms. The maximum atomic E-state index is 12.4. The van der Waals surface area contributed by atoms with E-state index in [2.05, 4.69) is 35.6 Å². The molecule has 1 aliphatic heterocycles. The van der Waals surface area contributed by atoms with Crippen molar-refractivity contribution in [3.05, 3.63) is 29.6 Å². The Bertz CT molecular complexity index is 534. The SMILES string of the molecule is CC(C)N1CCN(C(=O)c2ccc(C#CCN)cn2)CC1. The molecule has 1 aromatic heterocycles. The zero-order valence-corrected chi connectivity index (χ0v) is 12.7. The Kier molecular flexibility index (Phi) is 5.32. The van der Waals surface area contributed by atoms with Gasteiger partial charge in [-0.3, -0.25) is 9.69 Å². The second-order valence-corrected chi connectivity index (χ2v) is 5.36. The summed E-state index contributed by atoms with van der Waals surface area (Å²) in [5, 5.41) is 0. The van der Waals surface area contributed by atoms with E-state index in [1.54, 1.807) is 12.3 Å². The lowest BCUT2D eigenvalue weighted by Crippen LogP contribution is -2.50. The van der Waals surface area contributed by atoms with Gasteiger partial charge in [0.15, 0.2) is 0 Å². The van der Waals surface area contributed by atoms with Gasteiger partial charge in [0, 0.05) is 44.0 Å². The van der Waals surface area contributed by atoms with E-state index in [1.807, 2.05) is 11.0 Å². The second kappa shape index (κ2) is 7.21. The number of carbonyl (C=O) groups excluding carboxylic acids is 1. The van der Waals surface area contributed by atoms with Crippen molar-refractivity contribution in [2.24, 2.45) is 5.73 Å². The standard InChI is InChI=1S/C16H22N4O/c1-13(2)19-8-10-20(11-9-19)16(21)15-6-5-14(12-18-15)4-3-7-17/h5-6,12-13H,7-11,17H2,1-2H3. The Morgan fingerprint density at radius 3 is 2.57 bits per heavy atom. The normalized spacial score (nSPS) is 15.7. The molecule has 1 aliphatic rings.